The Hall–Kier alpha value is -2.07. The molecule has 1 aliphatic rings. The van der Waals surface area contributed by atoms with Crippen molar-refractivity contribution in [3.05, 3.63) is 54.4 Å². The highest BCUT2D eigenvalue weighted by atomic mass is 15.3. The molecule has 1 atom stereocenters. The number of likely N-dealkylation sites (N-methyl/N-ethyl adjacent to an activating group) is 1. The Morgan fingerprint density at radius 2 is 1.95 bits per heavy atom. The van der Waals surface area contributed by atoms with Gasteiger partial charge in [0.15, 0.2) is 0 Å². The normalized spacial score (nSPS) is 15.9. The Morgan fingerprint density at radius 3 is 2.65 bits per heavy atom. The van der Waals surface area contributed by atoms with Crippen molar-refractivity contribution in [2.45, 2.75) is 6.04 Å². The number of nitrogens with zero attached hydrogens (tertiary/aromatic N) is 3. The van der Waals surface area contributed by atoms with Crippen LogP contribution in [0.15, 0.2) is 48.8 Å². The number of rotatable bonds is 3. The SMILES string of the molecule is CN1CCN(C(CN)c2cccnc2)c2ccccc21. The number of hydrogen-bond donors (Lipinski definition) is 1. The largest absolute Gasteiger partial charge is 0.371 e. The maximum absolute atomic E-state index is 6.04. The summed E-state index contributed by atoms with van der Waals surface area (Å²) in [5.74, 6) is 0. The standard InChI is InChI=1S/C16H20N4/c1-19-9-10-20(15-7-3-2-6-14(15)19)16(11-17)13-5-4-8-18-12-13/h2-8,12,16H,9-11,17H2,1H3. The van der Waals surface area contributed by atoms with Gasteiger partial charge in [0.05, 0.1) is 17.4 Å². The quantitative estimate of drug-likeness (QED) is 0.925. The average molecular weight is 268 g/mol. The summed E-state index contributed by atoms with van der Waals surface area (Å²) in [6.07, 6.45) is 3.72. The van der Waals surface area contributed by atoms with Crippen LogP contribution in [0.4, 0.5) is 11.4 Å². The van der Waals surface area contributed by atoms with Crippen molar-refractivity contribution in [2.75, 3.05) is 36.5 Å². The van der Waals surface area contributed by atoms with Gasteiger partial charge in [-0.15, -0.1) is 0 Å². The van der Waals surface area contributed by atoms with Gasteiger partial charge in [-0.3, -0.25) is 4.98 Å². The molecule has 0 fully saturated rings. The van der Waals surface area contributed by atoms with Crippen LogP contribution >= 0.6 is 0 Å². The maximum atomic E-state index is 6.04. The van der Waals surface area contributed by atoms with Gasteiger partial charge in [-0.2, -0.15) is 0 Å². The van der Waals surface area contributed by atoms with Crippen LogP contribution in [-0.2, 0) is 0 Å². The Kier molecular flexibility index (Phi) is 3.56. The minimum Gasteiger partial charge on any atom is -0.371 e. The van der Waals surface area contributed by atoms with E-state index in [9.17, 15) is 0 Å². The zero-order chi connectivity index (χ0) is 13.9. The van der Waals surface area contributed by atoms with E-state index < -0.39 is 0 Å². The Labute approximate surface area is 119 Å². The lowest BCUT2D eigenvalue weighted by Crippen LogP contribution is -2.43. The van der Waals surface area contributed by atoms with Crippen molar-refractivity contribution in [1.29, 1.82) is 0 Å². The summed E-state index contributed by atoms with van der Waals surface area (Å²) in [7, 11) is 2.14. The van der Waals surface area contributed by atoms with E-state index in [1.54, 1.807) is 6.20 Å². The first-order valence-corrected chi connectivity index (χ1v) is 6.98. The summed E-state index contributed by atoms with van der Waals surface area (Å²) < 4.78 is 0. The first-order chi connectivity index (χ1) is 9.81. The van der Waals surface area contributed by atoms with Crippen molar-refractivity contribution in [3.8, 4) is 0 Å². The van der Waals surface area contributed by atoms with Gasteiger partial charge in [0.25, 0.3) is 0 Å². The monoisotopic (exact) mass is 268 g/mol. The summed E-state index contributed by atoms with van der Waals surface area (Å²) in [5, 5.41) is 0. The second-order valence-electron chi connectivity index (χ2n) is 5.14. The molecule has 1 unspecified atom stereocenters. The van der Waals surface area contributed by atoms with Gasteiger partial charge in [0.1, 0.15) is 0 Å². The minimum atomic E-state index is 0.179. The molecular formula is C16H20N4. The molecule has 0 aliphatic carbocycles. The molecule has 1 aromatic carbocycles. The molecule has 20 heavy (non-hydrogen) atoms. The van der Waals surface area contributed by atoms with Gasteiger partial charge in [-0.05, 0) is 23.8 Å². The second kappa shape index (κ2) is 5.51. The lowest BCUT2D eigenvalue weighted by molar-refractivity contribution is 0.609. The minimum absolute atomic E-state index is 0.179. The zero-order valence-electron chi connectivity index (χ0n) is 11.7. The fraction of sp³-hybridized carbons (Fsp3) is 0.312. The highest BCUT2D eigenvalue weighted by Gasteiger charge is 2.26. The van der Waals surface area contributed by atoms with Crippen LogP contribution in [0.3, 0.4) is 0 Å². The molecule has 2 heterocycles. The highest BCUT2D eigenvalue weighted by molar-refractivity contribution is 5.73. The van der Waals surface area contributed by atoms with Gasteiger partial charge >= 0.3 is 0 Å². The predicted octanol–water partition coefficient (Wildman–Crippen LogP) is 2.04. The maximum Gasteiger partial charge on any atom is 0.0681 e. The molecule has 1 aliphatic heterocycles. The van der Waals surface area contributed by atoms with Crippen molar-refractivity contribution in [1.82, 2.24) is 4.98 Å². The van der Waals surface area contributed by atoms with Crippen LogP contribution in [0.25, 0.3) is 0 Å². The number of hydrogen-bond acceptors (Lipinski definition) is 4. The highest BCUT2D eigenvalue weighted by Crippen LogP contribution is 2.36. The molecule has 104 valence electrons. The second-order valence-corrected chi connectivity index (χ2v) is 5.14. The molecular weight excluding hydrogens is 248 g/mol. The molecule has 0 saturated carbocycles. The van der Waals surface area contributed by atoms with E-state index in [2.05, 4.69) is 52.2 Å². The van der Waals surface area contributed by atoms with Crippen LogP contribution in [0.2, 0.25) is 0 Å². The number of nitrogens with two attached hydrogens (primary N) is 1. The number of fused-ring (bicyclic) bond motifs is 1. The van der Waals surface area contributed by atoms with Crippen LogP contribution in [-0.4, -0.2) is 31.7 Å². The summed E-state index contributed by atoms with van der Waals surface area (Å²) in [6, 6.07) is 12.8. The molecule has 4 nitrogen and oxygen atoms in total. The van der Waals surface area contributed by atoms with Crippen molar-refractivity contribution in [2.24, 2.45) is 5.73 Å². The summed E-state index contributed by atoms with van der Waals surface area (Å²) >= 11 is 0. The molecule has 0 spiro atoms. The third kappa shape index (κ3) is 2.23. The molecule has 3 rings (SSSR count). The number of benzene rings is 1. The summed E-state index contributed by atoms with van der Waals surface area (Å²) in [4.78, 5) is 8.92. The van der Waals surface area contributed by atoms with E-state index in [0.717, 1.165) is 13.1 Å². The van der Waals surface area contributed by atoms with E-state index in [-0.39, 0.29) is 6.04 Å². The fourth-order valence-corrected chi connectivity index (χ4v) is 2.87. The molecule has 0 radical (unpaired) electrons. The van der Waals surface area contributed by atoms with Crippen molar-refractivity contribution >= 4 is 11.4 Å². The van der Waals surface area contributed by atoms with Gasteiger partial charge < -0.3 is 15.5 Å². The number of aromatic nitrogens is 1. The number of para-hydroxylation sites is 2. The first-order valence-electron chi connectivity index (χ1n) is 6.98. The lowest BCUT2D eigenvalue weighted by atomic mass is 10.0. The van der Waals surface area contributed by atoms with Gasteiger partial charge in [-0.1, -0.05) is 18.2 Å². The summed E-state index contributed by atoms with van der Waals surface area (Å²) in [5.41, 5.74) is 9.74. The molecule has 4 heteroatoms. The molecule has 0 bridgehead atoms. The van der Waals surface area contributed by atoms with Crippen LogP contribution in [0.1, 0.15) is 11.6 Å². The van der Waals surface area contributed by atoms with E-state index in [1.165, 1.54) is 16.9 Å². The van der Waals surface area contributed by atoms with Crippen LogP contribution < -0.4 is 15.5 Å². The Morgan fingerprint density at radius 1 is 1.15 bits per heavy atom. The fourth-order valence-electron chi connectivity index (χ4n) is 2.87. The van der Waals surface area contributed by atoms with Crippen molar-refractivity contribution in [3.63, 3.8) is 0 Å². The first kappa shape index (κ1) is 12.9. The molecule has 0 amide bonds. The average Bonchev–Trinajstić information content (AvgIpc) is 2.52. The van der Waals surface area contributed by atoms with E-state index in [4.69, 9.17) is 5.73 Å². The van der Waals surface area contributed by atoms with Crippen LogP contribution in [0.5, 0.6) is 0 Å². The topological polar surface area (TPSA) is 45.4 Å². The van der Waals surface area contributed by atoms with Crippen LogP contribution in [0, 0.1) is 0 Å². The zero-order valence-corrected chi connectivity index (χ0v) is 11.7. The van der Waals surface area contributed by atoms with Gasteiger partial charge in [-0.25, -0.2) is 0 Å². The van der Waals surface area contributed by atoms with Crippen molar-refractivity contribution < 1.29 is 0 Å². The molecule has 2 N–H and O–H groups in total. The Balaban J connectivity index is 2.00. The van der Waals surface area contributed by atoms with E-state index >= 15 is 0 Å². The summed E-state index contributed by atoms with van der Waals surface area (Å²) in [6.45, 7) is 2.57. The predicted molar refractivity (Wildman–Crippen MR) is 83.1 cm³/mol. The van der Waals surface area contributed by atoms with Gasteiger partial charge in [0, 0.05) is 39.1 Å². The third-order valence-corrected chi connectivity index (χ3v) is 3.95. The molecule has 2 aromatic rings. The number of anilines is 2. The van der Waals surface area contributed by atoms with E-state index in [1.807, 2.05) is 12.3 Å². The number of pyridine rings is 1. The lowest BCUT2D eigenvalue weighted by Gasteiger charge is -2.41. The van der Waals surface area contributed by atoms with Gasteiger partial charge in [0.2, 0.25) is 0 Å². The smallest absolute Gasteiger partial charge is 0.0681 e. The molecule has 1 aromatic heterocycles. The third-order valence-electron chi connectivity index (χ3n) is 3.95. The Bertz CT molecular complexity index is 570. The van der Waals surface area contributed by atoms with E-state index in [0.29, 0.717) is 6.54 Å². The molecule has 0 saturated heterocycles.